The van der Waals surface area contributed by atoms with Crippen LogP contribution in [0.2, 0.25) is 0 Å². The van der Waals surface area contributed by atoms with Crippen LogP contribution in [0.25, 0.3) is 0 Å². The molecule has 0 bridgehead atoms. The lowest BCUT2D eigenvalue weighted by molar-refractivity contribution is 1.45. The van der Waals surface area contributed by atoms with Crippen LogP contribution < -0.4 is 0 Å². The van der Waals surface area contributed by atoms with Crippen molar-refractivity contribution in [1.82, 2.24) is 0 Å². The van der Waals surface area contributed by atoms with Crippen molar-refractivity contribution < 1.29 is 0 Å². The molecule has 0 unspecified atom stereocenters. The van der Waals surface area contributed by atoms with Gasteiger partial charge in [0.15, 0.2) is 0 Å². The van der Waals surface area contributed by atoms with E-state index < -0.39 is 0 Å². The molecule has 0 aromatic heterocycles. The van der Waals surface area contributed by atoms with E-state index in [0.29, 0.717) is 0 Å². The number of rotatable bonds is 0. The summed E-state index contributed by atoms with van der Waals surface area (Å²) in [6.07, 6.45) is 3.64. The smallest absolute Gasteiger partial charge is 0.178 e. The van der Waals surface area contributed by atoms with Crippen LogP contribution in [-0.4, -0.2) is 21.2 Å². The lowest BCUT2D eigenvalue weighted by Crippen LogP contribution is -1.84. The Morgan fingerprint density at radius 2 is 2.57 bits per heavy atom. The molecular formula is C3H6N2SSi. The van der Waals surface area contributed by atoms with E-state index in [-0.39, 0.29) is 0 Å². The van der Waals surface area contributed by atoms with Gasteiger partial charge in [0, 0.05) is 0 Å². The summed E-state index contributed by atoms with van der Waals surface area (Å²) in [7, 11) is 0.890. The first-order valence-corrected chi connectivity index (χ1v) is 4.01. The van der Waals surface area contributed by atoms with Crippen LogP contribution in [0, 0.1) is 11.5 Å². The molecule has 0 atom stereocenters. The average molecular weight is 130 g/mol. The fourth-order valence-electron chi connectivity index (χ4n) is 0.116. The topological polar surface area (TPSA) is 36.1 Å². The van der Waals surface area contributed by atoms with Gasteiger partial charge >= 0.3 is 0 Å². The fourth-order valence-corrected chi connectivity index (χ4v) is 0.348. The second-order valence-corrected chi connectivity index (χ2v) is 3.61. The summed E-state index contributed by atoms with van der Waals surface area (Å²) in [6.45, 7) is 0. The first kappa shape index (κ1) is 6.73. The molecule has 0 aromatic rings. The van der Waals surface area contributed by atoms with Gasteiger partial charge in [-0.05, 0) is 6.26 Å². The van der Waals surface area contributed by atoms with Crippen molar-refractivity contribution >= 4 is 26.7 Å². The Kier molecular flexibility index (Phi) is 3.75. The van der Waals surface area contributed by atoms with Crippen molar-refractivity contribution in [3.8, 4) is 6.19 Å². The molecule has 38 valence electrons. The Morgan fingerprint density at radius 3 is 2.71 bits per heavy atom. The molecule has 7 heavy (non-hydrogen) atoms. The van der Waals surface area contributed by atoms with Gasteiger partial charge in [0.1, 0.15) is 0 Å². The van der Waals surface area contributed by atoms with Crippen molar-refractivity contribution in [3.05, 3.63) is 0 Å². The summed E-state index contributed by atoms with van der Waals surface area (Å²) >= 11 is 1.54. The van der Waals surface area contributed by atoms with E-state index in [1.54, 1.807) is 6.19 Å². The van der Waals surface area contributed by atoms with Gasteiger partial charge in [0.2, 0.25) is 6.19 Å². The van der Waals surface area contributed by atoms with Crippen LogP contribution in [0.3, 0.4) is 0 Å². The van der Waals surface area contributed by atoms with Crippen molar-refractivity contribution in [2.45, 2.75) is 0 Å². The van der Waals surface area contributed by atoms with Crippen molar-refractivity contribution in [2.24, 2.45) is 4.99 Å². The predicted molar refractivity (Wildman–Crippen MR) is 36.5 cm³/mol. The second-order valence-electron chi connectivity index (χ2n) is 0.935. The maximum absolute atomic E-state index is 7.94. The summed E-state index contributed by atoms with van der Waals surface area (Å²) in [5.41, 5.74) is 0. The summed E-state index contributed by atoms with van der Waals surface area (Å²) < 4.78 is 0.947. The van der Waals surface area contributed by atoms with Crippen molar-refractivity contribution in [2.75, 3.05) is 6.26 Å². The lowest BCUT2D eigenvalue weighted by atomic mass is 11.3. The third-order valence-electron chi connectivity index (χ3n) is 0.503. The van der Waals surface area contributed by atoms with E-state index in [4.69, 9.17) is 5.26 Å². The fraction of sp³-hybridized carbons (Fsp3) is 0.333. The van der Waals surface area contributed by atoms with Crippen LogP contribution in [0.1, 0.15) is 0 Å². The van der Waals surface area contributed by atoms with Gasteiger partial charge in [-0.1, -0.05) is 0 Å². The zero-order valence-corrected chi connectivity index (χ0v) is 7.12. The minimum atomic E-state index is 0.890. The highest BCUT2D eigenvalue weighted by Crippen LogP contribution is 1.90. The zero-order valence-electron chi connectivity index (χ0n) is 4.30. The second kappa shape index (κ2) is 3.90. The van der Waals surface area contributed by atoms with Crippen LogP contribution >= 0.6 is 11.8 Å². The molecule has 0 saturated heterocycles. The molecule has 0 amide bonds. The number of nitriles is 1. The Bertz CT molecular complexity index is 115. The zero-order chi connectivity index (χ0) is 5.70. The number of hydrogen-bond acceptors (Lipinski definition) is 3. The van der Waals surface area contributed by atoms with E-state index in [2.05, 4.69) is 4.99 Å². The van der Waals surface area contributed by atoms with Gasteiger partial charge < -0.3 is 0 Å². The number of hydrogen-bond donors (Lipinski definition) is 0. The maximum atomic E-state index is 7.94. The minimum absolute atomic E-state index is 0.890. The highest BCUT2D eigenvalue weighted by atomic mass is 32.2. The van der Waals surface area contributed by atoms with Gasteiger partial charge in [-0.3, -0.25) is 0 Å². The largest absolute Gasteiger partial charge is 0.205 e. The molecule has 0 spiro atoms. The summed E-state index contributed by atoms with van der Waals surface area (Å²) in [5, 5.41) is 7.94. The van der Waals surface area contributed by atoms with Gasteiger partial charge in [-0.15, -0.1) is 11.8 Å². The molecule has 0 saturated carbocycles. The Balaban J connectivity index is 3.56. The van der Waals surface area contributed by atoms with E-state index >= 15 is 0 Å². The molecule has 2 nitrogen and oxygen atoms in total. The van der Waals surface area contributed by atoms with Crippen LogP contribution in [-0.2, 0) is 0 Å². The number of aliphatic imine (C=N–C) groups is 1. The Hall–Kier alpha value is -0.273. The Labute approximate surface area is 50.1 Å². The normalized spacial score (nSPS) is 11.1. The molecule has 0 fully saturated rings. The average Bonchev–Trinajstić information content (AvgIpc) is 1.68. The van der Waals surface area contributed by atoms with Gasteiger partial charge in [-0.25, -0.2) is 0 Å². The molecule has 0 aliphatic rings. The third-order valence-corrected chi connectivity index (χ3v) is 2.63. The van der Waals surface area contributed by atoms with E-state index in [1.165, 1.54) is 11.8 Å². The Morgan fingerprint density at radius 1 is 2.00 bits per heavy atom. The standard InChI is InChI=1S/C3H6N2SSi/c1-6-3(7)5-2-4/h1,7H3/b5-3+. The van der Waals surface area contributed by atoms with E-state index in [0.717, 1.165) is 14.9 Å². The van der Waals surface area contributed by atoms with Gasteiger partial charge in [0.25, 0.3) is 0 Å². The molecule has 4 heteroatoms. The predicted octanol–water partition coefficient (Wildman–Crippen LogP) is -0.448. The summed E-state index contributed by atoms with van der Waals surface area (Å²) in [4.78, 5) is 3.49. The monoisotopic (exact) mass is 130 g/mol. The minimum Gasteiger partial charge on any atom is -0.178 e. The lowest BCUT2D eigenvalue weighted by Gasteiger charge is -1.81. The van der Waals surface area contributed by atoms with E-state index in [9.17, 15) is 0 Å². The molecular weight excluding hydrogens is 124 g/mol. The molecule has 0 rings (SSSR count). The van der Waals surface area contributed by atoms with Crippen molar-refractivity contribution in [1.29, 1.82) is 5.26 Å². The summed E-state index contributed by atoms with van der Waals surface area (Å²) in [6, 6.07) is 0. The highest BCUT2D eigenvalue weighted by molar-refractivity contribution is 8.16. The number of nitrogens with zero attached hydrogens (tertiary/aromatic N) is 2. The first-order valence-electron chi connectivity index (χ1n) is 1.78. The highest BCUT2D eigenvalue weighted by Gasteiger charge is 1.79. The first-order chi connectivity index (χ1) is 3.31. The van der Waals surface area contributed by atoms with Crippen molar-refractivity contribution in [3.63, 3.8) is 0 Å². The van der Waals surface area contributed by atoms with Crippen LogP contribution in [0.4, 0.5) is 0 Å². The third kappa shape index (κ3) is 3.56. The van der Waals surface area contributed by atoms with Crippen LogP contribution in [0.15, 0.2) is 4.99 Å². The van der Waals surface area contributed by atoms with Crippen LogP contribution in [0.5, 0.6) is 0 Å². The number of thioether (sulfide) groups is 1. The molecule has 0 aliphatic carbocycles. The van der Waals surface area contributed by atoms with Gasteiger partial charge in [-0.2, -0.15) is 10.3 Å². The molecule has 0 radical (unpaired) electrons. The molecule has 0 aliphatic heterocycles. The SMILES string of the molecule is CS/C([SiH3])=N\C#N. The quantitative estimate of drug-likeness (QED) is 0.193. The molecule has 0 heterocycles. The van der Waals surface area contributed by atoms with E-state index in [1.807, 2.05) is 6.26 Å². The maximum Gasteiger partial charge on any atom is 0.205 e. The summed E-state index contributed by atoms with van der Waals surface area (Å²) in [5.74, 6) is 0. The molecule has 0 aromatic carbocycles. The van der Waals surface area contributed by atoms with Gasteiger partial charge in [0.05, 0.1) is 14.9 Å². The molecule has 0 N–H and O–H groups in total.